The van der Waals surface area contributed by atoms with E-state index >= 15 is 0 Å². The zero-order valence-corrected chi connectivity index (χ0v) is 13.1. The summed E-state index contributed by atoms with van der Waals surface area (Å²) in [4.78, 5) is 20.3. The first-order valence-electron chi connectivity index (χ1n) is 7.10. The Morgan fingerprint density at radius 3 is 2.78 bits per heavy atom. The predicted molar refractivity (Wildman–Crippen MR) is 88.7 cm³/mol. The SMILES string of the molecule is O=C(CSc1cc(-c2ccccc2)ncn1)NCc1ccco1. The number of nitrogens with one attached hydrogen (secondary N) is 1. The van der Waals surface area contributed by atoms with Gasteiger partial charge in [-0.3, -0.25) is 4.79 Å². The Morgan fingerprint density at radius 1 is 1.13 bits per heavy atom. The highest BCUT2D eigenvalue weighted by molar-refractivity contribution is 7.99. The van der Waals surface area contributed by atoms with Crippen molar-refractivity contribution in [1.29, 1.82) is 0 Å². The molecule has 0 spiro atoms. The normalized spacial score (nSPS) is 10.4. The van der Waals surface area contributed by atoms with Gasteiger partial charge >= 0.3 is 0 Å². The second kappa shape index (κ2) is 7.60. The molecule has 1 amide bonds. The molecule has 0 atom stereocenters. The van der Waals surface area contributed by atoms with Crippen molar-refractivity contribution in [2.45, 2.75) is 11.6 Å². The number of furan rings is 1. The van der Waals surface area contributed by atoms with Crippen LogP contribution in [-0.2, 0) is 11.3 Å². The highest BCUT2D eigenvalue weighted by atomic mass is 32.2. The molecule has 2 heterocycles. The van der Waals surface area contributed by atoms with E-state index in [2.05, 4.69) is 15.3 Å². The molecule has 5 nitrogen and oxygen atoms in total. The number of carbonyl (C=O) groups is 1. The number of hydrogen-bond donors (Lipinski definition) is 1. The van der Waals surface area contributed by atoms with Crippen LogP contribution in [0, 0.1) is 0 Å². The van der Waals surface area contributed by atoms with Gasteiger partial charge in [0.15, 0.2) is 0 Å². The van der Waals surface area contributed by atoms with Gasteiger partial charge in [-0.15, -0.1) is 0 Å². The molecule has 1 aromatic carbocycles. The fourth-order valence-electron chi connectivity index (χ4n) is 1.97. The molecule has 0 saturated heterocycles. The van der Waals surface area contributed by atoms with Gasteiger partial charge in [-0.2, -0.15) is 0 Å². The number of amides is 1. The molecule has 6 heteroatoms. The lowest BCUT2D eigenvalue weighted by atomic mass is 10.1. The zero-order valence-electron chi connectivity index (χ0n) is 12.3. The molecule has 0 aliphatic heterocycles. The lowest BCUT2D eigenvalue weighted by Gasteiger charge is -2.05. The summed E-state index contributed by atoms with van der Waals surface area (Å²) in [6.07, 6.45) is 3.10. The first-order valence-corrected chi connectivity index (χ1v) is 8.09. The molecule has 0 aliphatic rings. The second-order valence-corrected chi connectivity index (χ2v) is 5.75. The van der Waals surface area contributed by atoms with Crippen LogP contribution in [-0.4, -0.2) is 21.6 Å². The number of benzene rings is 1. The summed E-state index contributed by atoms with van der Waals surface area (Å²) < 4.78 is 5.17. The molecular weight excluding hydrogens is 310 g/mol. The van der Waals surface area contributed by atoms with E-state index in [1.54, 1.807) is 12.3 Å². The summed E-state index contributed by atoms with van der Waals surface area (Å²) in [7, 11) is 0. The average molecular weight is 325 g/mol. The third kappa shape index (κ3) is 4.43. The van der Waals surface area contributed by atoms with Crippen LogP contribution in [0.1, 0.15) is 5.76 Å². The van der Waals surface area contributed by atoms with Gasteiger partial charge < -0.3 is 9.73 Å². The van der Waals surface area contributed by atoms with Gasteiger partial charge in [0.1, 0.15) is 17.1 Å². The number of hydrogen-bond acceptors (Lipinski definition) is 5. The van der Waals surface area contributed by atoms with Crippen molar-refractivity contribution in [3.63, 3.8) is 0 Å². The summed E-state index contributed by atoms with van der Waals surface area (Å²) in [5, 5.41) is 3.58. The quantitative estimate of drug-likeness (QED) is 0.557. The van der Waals surface area contributed by atoms with Crippen LogP contribution in [0.15, 0.2) is 70.6 Å². The first kappa shape index (κ1) is 15.3. The van der Waals surface area contributed by atoms with E-state index < -0.39 is 0 Å². The summed E-state index contributed by atoms with van der Waals surface area (Å²) in [5.41, 5.74) is 1.87. The highest BCUT2D eigenvalue weighted by Gasteiger charge is 2.06. The van der Waals surface area contributed by atoms with E-state index in [-0.39, 0.29) is 5.91 Å². The second-order valence-electron chi connectivity index (χ2n) is 4.75. The third-order valence-corrected chi connectivity index (χ3v) is 4.03. The van der Waals surface area contributed by atoms with E-state index in [1.165, 1.54) is 18.1 Å². The van der Waals surface area contributed by atoms with Crippen LogP contribution in [0.25, 0.3) is 11.3 Å². The fraction of sp³-hybridized carbons (Fsp3) is 0.118. The molecule has 23 heavy (non-hydrogen) atoms. The lowest BCUT2D eigenvalue weighted by molar-refractivity contribution is -0.118. The van der Waals surface area contributed by atoms with Crippen molar-refractivity contribution in [3.8, 4) is 11.3 Å². The van der Waals surface area contributed by atoms with E-state index in [0.29, 0.717) is 12.3 Å². The molecule has 2 aromatic heterocycles. The monoisotopic (exact) mass is 325 g/mol. The smallest absolute Gasteiger partial charge is 0.230 e. The zero-order chi connectivity index (χ0) is 15.9. The van der Waals surface area contributed by atoms with Gasteiger partial charge in [0.05, 0.1) is 24.3 Å². The van der Waals surface area contributed by atoms with E-state index in [1.807, 2.05) is 42.5 Å². The predicted octanol–water partition coefficient (Wildman–Crippen LogP) is 3.15. The van der Waals surface area contributed by atoms with Crippen molar-refractivity contribution in [2.75, 3.05) is 5.75 Å². The Bertz CT molecular complexity index is 761. The first-order chi connectivity index (χ1) is 11.3. The van der Waals surface area contributed by atoms with Crippen LogP contribution in [0.5, 0.6) is 0 Å². The number of nitrogens with zero attached hydrogens (tertiary/aromatic N) is 2. The Kier molecular flexibility index (Phi) is 5.06. The van der Waals surface area contributed by atoms with E-state index in [0.717, 1.165) is 22.0 Å². The molecule has 3 rings (SSSR count). The average Bonchev–Trinajstić information content (AvgIpc) is 3.13. The molecule has 116 valence electrons. The summed E-state index contributed by atoms with van der Waals surface area (Å²) in [6, 6.07) is 15.4. The van der Waals surface area contributed by atoms with Crippen LogP contribution >= 0.6 is 11.8 Å². The molecule has 1 N–H and O–H groups in total. The molecule has 0 fully saturated rings. The summed E-state index contributed by atoms with van der Waals surface area (Å²) in [6.45, 7) is 0.394. The fourth-order valence-corrected chi connectivity index (χ4v) is 2.67. The van der Waals surface area contributed by atoms with Crippen LogP contribution in [0.3, 0.4) is 0 Å². The minimum atomic E-state index is -0.0636. The Morgan fingerprint density at radius 2 is 2.00 bits per heavy atom. The van der Waals surface area contributed by atoms with Crippen molar-refractivity contribution in [3.05, 3.63) is 66.9 Å². The van der Waals surface area contributed by atoms with Gasteiger partial charge in [-0.05, 0) is 18.2 Å². The molecular formula is C17H15N3O2S. The Balaban J connectivity index is 1.55. The minimum absolute atomic E-state index is 0.0636. The van der Waals surface area contributed by atoms with Crippen LogP contribution in [0.4, 0.5) is 0 Å². The molecule has 0 aliphatic carbocycles. The maximum absolute atomic E-state index is 11.8. The maximum atomic E-state index is 11.8. The molecule has 0 bridgehead atoms. The van der Waals surface area contributed by atoms with Crippen molar-refractivity contribution >= 4 is 17.7 Å². The molecule has 0 radical (unpaired) electrons. The maximum Gasteiger partial charge on any atom is 0.230 e. The molecule has 0 saturated carbocycles. The van der Waals surface area contributed by atoms with E-state index in [4.69, 9.17) is 4.42 Å². The Hall–Kier alpha value is -2.60. The van der Waals surface area contributed by atoms with Gasteiger partial charge in [0, 0.05) is 5.56 Å². The largest absolute Gasteiger partial charge is 0.467 e. The number of aromatic nitrogens is 2. The van der Waals surface area contributed by atoms with E-state index in [9.17, 15) is 4.79 Å². The van der Waals surface area contributed by atoms with Gasteiger partial charge in [-0.25, -0.2) is 9.97 Å². The molecule has 3 aromatic rings. The summed E-state index contributed by atoms with van der Waals surface area (Å²) >= 11 is 1.38. The topological polar surface area (TPSA) is 68.0 Å². The number of thioether (sulfide) groups is 1. The summed E-state index contributed by atoms with van der Waals surface area (Å²) in [5.74, 6) is 0.967. The van der Waals surface area contributed by atoms with Gasteiger partial charge in [-0.1, -0.05) is 42.1 Å². The van der Waals surface area contributed by atoms with Crippen molar-refractivity contribution in [2.24, 2.45) is 0 Å². The lowest BCUT2D eigenvalue weighted by Crippen LogP contribution is -2.24. The van der Waals surface area contributed by atoms with Gasteiger partial charge in [0.25, 0.3) is 0 Å². The third-order valence-electron chi connectivity index (χ3n) is 3.10. The van der Waals surface area contributed by atoms with Gasteiger partial charge in [0.2, 0.25) is 5.91 Å². The number of carbonyl (C=O) groups excluding carboxylic acids is 1. The van der Waals surface area contributed by atoms with Crippen molar-refractivity contribution < 1.29 is 9.21 Å². The standard InChI is InChI=1S/C17H15N3O2S/c21-16(18-10-14-7-4-8-22-14)11-23-17-9-15(19-12-20-17)13-5-2-1-3-6-13/h1-9,12H,10-11H2,(H,18,21). The number of rotatable bonds is 6. The minimum Gasteiger partial charge on any atom is -0.467 e. The van der Waals surface area contributed by atoms with Crippen LogP contribution in [0.2, 0.25) is 0 Å². The van der Waals surface area contributed by atoms with Crippen molar-refractivity contribution in [1.82, 2.24) is 15.3 Å². The van der Waals surface area contributed by atoms with Crippen LogP contribution < -0.4 is 5.32 Å². The Labute approximate surface area is 138 Å². The highest BCUT2D eigenvalue weighted by Crippen LogP contribution is 2.21. The molecule has 0 unspecified atom stereocenters.